The summed E-state index contributed by atoms with van der Waals surface area (Å²) >= 11 is 1.72. The molecule has 0 saturated carbocycles. The zero-order valence-corrected chi connectivity index (χ0v) is 19.9. The molecule has 1 saturated heterocycles. The number of benzene rings is 1. The van der Waals surface area contributed by atoms with Gasteiger partial charge in [0.15, 0.2) is 23.2 Å². The number of anilines is 1. The van der Waals surface area contributed by atoms with Gasteiger partial charge in [-0.3, -0.25) is 4.31 Å². The van der Waals surface area contributed by atoms with Gasteiger partial charge >= 0.3 is 0 Å². The molecule has 5 rings (SSSR count). The summed E-state index contributed by atoms with van der Waals surface area (Å²) in [6, 6.07) is 4.47. The lowest BCUT2D eigenvalue weighted by atomic mass is 9.98. The van der Waals surface area contributed by atoms with Crippen LogP contribution < -0.4 is 9.64 Å². The first-order valence-corrected chi connectivity index (χ1v) is 12.5. The van der Waals surface area contributed by atoms with Crippen molar-refractivity contribution < 1.29 is 13.5 Å². The molecule has 1 atom stereocenters. The van der Waals surface area contributed by atoms with Gasteiger partial charge in [0.05, 0.1) is 18.3 Å². The Morgan fingerprint density at radius 3 is 2.68 bits per heavy atom. The highest BCUT2D eigenvalue weighted by atomic mass is 32.2. The molecular weight excluding hydrogens is 458 g/mol. The third-order valence-corrected chi connectivity index (χ3v) is 7.26. The monoisotopic (exact) mass is 484 g/mol. The second kappa shape index (κ2) is 9.79. The second-order valence-corrected chi connectivity index (χ2v) is 9.44. The molecule has 0 radical (unpaired) electrons. The lowest BCUT2D eigenvalue weighted by Crippen LogP contribution is -2.42. The lowest BCUT2D eigenvalue weighted by molar-refractivity contribution is 0.171. The molecule has 0 bridgehead atoms. The van der Waals surface area contributed by atoms with Gasteiger partial charge in [-0.1, -0.05) is 11.9 Å². The molecule has 1 unspecified atom stereocenters. The quantitative estimate of drug-likeness (QED) is 0.460. The van der Waals surface area contributed by atoms with Crippen LogP contribution in [0.4, 0.5) is 14.5 Å². The van der Waals surface area contributed by atoms with Gasteiger partial charge in [-0.2, -0.15) is 4.39 Å². The number of hydrogen-bond acceptors (Lipinski definition) is 8. The number of aromatic nitrogens is 4. The molecule has 0 amide bonds. The number of halogens is 2. The molecule has 2 aromatic heterocycles. The van der Waals surface area contributed by atoms with E-state index in [1.54, 1.807) is 42.7 Å². The van der Waals surface area contributed by atoms with E-state index in [0.717, 1.165) is 30.8 Å². The maximum Gasteiger partial charge on any atom is 0.200 e. The second-order valence-electron chi connectivity index (χ2n) is 8.56. The van der Waals surface area contributed by atoms with Gasteiger partial charge in [0.25, 0.3) is 0 Å². The van der Waals surface area contributed by atoms with Crippen LogP contribution in [0.3, 0.4) is 0 Å². The van der Waals surface area contributed by atoms with Gasteiger partial charge in [-0.15, -0.1) is 0 Å². The minimum Gasteiger partial charge on any atom is -0.490 e. The van der Waals surface area contributed by atoms with Crippen molar-refractivity contribution >= 4 is 17.6 Å². The predicted molar refractivity (Wildman–Crippen MR) is 128 cm³/mol. The van der Waals surface area contributed by atoms with E-state index in [1.807, 2.05) is 11.8 Å². The highest BCUT2D eigenvalue weighted by Gasteiger charge is 2.29. The van der Waals surface area contributed by atoms with Crippen LogP contribution in [0.5, 0.6) is 5.75 Å². The molecule has 0 aliphatic carbocycles. The standard InChI is InChI=1S/C24H26F2N6OS/c1-15-18-12-29-24(23-27-6-3-7-28-23)30-20(18)4-8-32(15)17-10-19(25)22(26)21(11-17)33-9-5-16-13-31(14-16)34-2/h3,6-7,10-12,15-16H,4-5,8-9,13-14H2,1-2H3. The van der Waals surface area contributed by atoms with Crippen LogP contribution in [-0.2, 0) is 6.42 Å². The van der Waals surface area contributed by atoms with Crippen LogP contribution in [0, 0.1) is 17.6 Å². The van der Waals surface area contributed by atoms with Crippen molar-refractivity contribution in [3.63, 3.8) is 0 Å². The number of hydrogen-bond donors (Lipinski definition) is 0. The van der Waals surface area contributed by atoms with Crippen LogP contribution in [0.15, 0.2) is 36.8 Å². The van der Waals surface area contributed by atoms with Gasteiger partial charge in [0.1, 0.15) is 0 Å². The van der Waals surface area contributed by atoms with Crippen LogP contribution in [-0.4, -0.2) is 56.7 Å². The largest absolute Gasteiger partial charge is 0.490 e. The Kier molecular flexibility index (Phi) is 6.60. The van der Waals surface area contributed by atoms with Crippen molar-refractivity contribution in [1.29, 1.82) is 0 Å². The average Bonchev–Trinajstić information content (AvgIpc) is 2.83. The van der Waals surface area contributed by atoms with E-state index in [4.69, 9.17) is 4.74 Å². The van der Waals surface area contributed by atoms with Gasteiger partial charge in [0.2, 0.25) is 5.82 Å². The van der Waals surface area contributed by atoms with E-state index >= 15 is 0 Å². The maximum absolute atomic E-state index is 14.5. The Labute approximate surface area is 201 Å². The highest BCUT2D eigenvalue weighted by Crippen LogP contribution is 2.36. The molecule has 4 heterocycles. The molecule has 34 heavy (non-hydrogen) atoms. The molecule has 1 fully saturated rings. The normalized spacial score (nSPS) is 18.5. The van der Waals surface area contributed by atoms with Crippen LogP contribution in [0.2, 0.25) is 0 Å². The Balaban J connectivity index is 1.31. The maximum atomic E-state index is 14.5. The van der Waals surface area contributed by atoms with Gasteiger partial charge in [-0.05, 0) is 31.6 Å². The number of ether oxygens (including phenoxy) is 1. The summed E-state index contributed by atoms with van der Waals surface area (Å²) in [4.78, 5) is 19.6. The summed E-state index contributed by atoms with van der Waals surface area (Å²) in [5.74, 6) is -0.392. The van der Waals surface area contributed by atoms with Crippen molar-refractivity contribution in [3.8, 4) is 17.4 Å². The van der Waals surface area contributed by atoms with E-state index < -0.39 is 11.6 Å². The zero-order chi connectivity index (χ0) is 23.7. The topological polar surface area (TPSA) is 67.3 Å². The molecular formula is C24H26F2N6OS. The van der Waals surface area contributed by atoms with E-state index in [9.17, 15) is 8.78 Å². The minimum atomic E-state index is -0.941. The summed E-state index contributed by atoms with van der Waals surface area (Å²) in [6.07, 6.45) is 8.61. The number of fused-ring (bicyclic) bond motifs is 1. The third kappa shape index (κ3) is 4.56. The van der Waals surface area contributed by atoms with Crippen molar-refractivity contribution in [2.24, 2.45) is 5.92 Å². The molecule has 10 heteroatoms. The van der Waals surface area contributed by atoms with Crippen molar-refractivity contribution in [3.05, 3.63) is 59.7 Å². The van der Waals surface area contributed by atoms with E-state index in [0.29, 0.717) is 42.8 Å². The third-order valence-electron chi connectivity index (χ3n) is 6.45. The first kappa shape index (κ1) is 22.9. The summed E-state index contributed by atoms with van der Waals surface area (Å²) < 4.78 is 36.9. The van der Waals surface area contributed by atoms with E-state index in [2.05, 4.69) is 30.5 Å². The van der Waals surface area contributed by atoms with Gasteiger partial charge in [-0.25, -0.2) is 24.3 Å². The fourth-order valence-corrected chi connectivity index (χ4v) is 5.17. The lowest BCUT2D eigenvalue weighted by Gasteiger charge is -2.37. The smallest absolute Gasteiger partial charge is 0.200 e. The van der Waals surface area contributed by atoms with E-state index in [-0.39, 0.29) is 11.8 Å². The molecule has 2 aliphatic rings. The van der Waals surface area contributed by atoms with E-state index in [1.165, 1.54) is 6.07 Å². The van der Waals surface area contributed by atoms with Crippen LogP contribution in [0.25, 0.3) is 11.6 Å². The number of rotatable bonds is 7. The summed E-state index contributed by atoms with van der Waals surface area (Å²) in [6.45, 7) is 5.00. The van der Waals surface area contributed by atoms with Gasteiger partial charge < -0.3 is 9.64 Å². The number of nitrogens with zero attached hydrogens (tertiary/aromatic N) is 6. The van der Waals surface area contributed by atoms with Crippen LogP contribution >= 0.6 is 11.9 Å². The molecule has 7 nitrogen and oxygen atoms in total. The zero-order valence-electron chi connectivity index (χ0n) is 19.1. The first-order valence-electron chi connectivity index (χ1n) is 11.3. The predicted octanol–water partition coefficient (Wildman–Crippen LogP) is 4.31. The van der Waals surface area contributed by atoms with Crippen molar-refractivity contribution in [1.82, 2.24) is 24.2 Å². The molecule has 0 N–H and O–H groups in total. The Morgan fingerprint density at radius 2 is 1.91 bits per heavy atom. The molecule has 3 aromatic rings. The molecule has 178 valence electrons. The molecule has 1 aromatic carbocycles. The Morgan fingerprint density at radius 1 is 1.12 bits per heavy atom. The fraction of sp³-hybridized carbons (Fsp3) is 0.417. The minimum absolute atomic E-state index is 0.0399. The summed E-state index contributed by atoms with van der Waals surface area (Å²) in [5, 5.41) is 0. The Bertz CT molecular complexity index is 1160. The average molecular weight is 485 g/mol. The van der Waals surface area contributed by atoms with Crippen molar-refractivity contribution in [2.45, 2.75) is 25.8 Å². The summed E-state index contributed by atoms with van der Waals surface area (Å²) in [7, 11) is 0. The highest BCUT2D eigenvalue weighted by molar-refractivity contribution is 7.96. The first-order chi connectivity index (χ1) is 16.5. The van der Waals surface area contributed by atoms with Gasteiger partial charge in [0, 0.05) is 68.0 Å². The van der Waals surface area contributed by atoms with Crippen molar-refractivity contribution in [2.75, 3.05) is 37.4 Å². The molecule has 2 aliphatic heterocycles. The van der Waals surface area contributed by atoms with Crippen LogP contribution in [0.1, 0.15) is 30.6 Å². The Hall–Kier alpha value is -2.85. The molecule has 0 spiro atoms. The fourth-order valence-electron chi connectivity index (χ4n) is 4.45. The summed E-state index contributed by atoms with van der Waals surface area (Å²) in [5.41, 5.74) is 2.45. The SMILES string of the molecule is CSN1CC(CCOc2cc(N3CCc4nc(-c5ncccn5)ncc4C3C)cc(F)c2F)C1.